The van der Waals surface area contributed by atoms with Crippen LogP contribution < -0.4 is 4.72 Å². The Morgan fingerprint density at radius 3 is 2.76 bits per heavy atom. The molecule has 1 aromatic rings. The highest BCUT2D eigenvalue weighted by molar-refractivity contribution is 7.87. The molecule has 0 aliphatic heterocycles. The lowest BCUT2D eigenvalue weighted by Gasteiger charge is -2.18. The Balaban J connectivity index is 2.24. The van der Waals surface area contributed by atoms with Crippen LogP contribution in [0.3, 0.4) is 0 Å². The van der Waals surface area contributed by atoms with E-state index in [1.807, 2.05) is 0 Å². The standard InChI is InChI=1S/C11H15FN2O2S/c1-14(2)17(15,16)13-11-6-3-8-7-9(12)4-5-10(8)11/h4-5,7,11,13H,3,6H2,1-2H3. The molecule has 0 spiro atoms. The van der Waals surface area contributed by atoms with Crippen LogP contribution in [-0.4, -0.2) is 26.8 Å². The first-order valence-electron chi connectivity index (χ1n) is 5.38. The molecule has 0 heterocycles. The van der Waals surface area contributed by atoms with Crippen molar-refractivity contribution in [2.24, 2.45) is 0 Å². The summed E-state index contributed by atoms with van der Waals surface area (Å²) < 4.78 is 40.2. The summed E-state index contributed by atoms with van der Waals surface area (Å²) >= 11 is 0. The van der Waals surface area contributed by atoms with Crippen molar-refractivity contribution in [2.45, 2.75) is 18.9 Å². The summed E-state index contributed by atoms with van der Waals surface area (Å²) in [6.45, 7) is 0. The van der Waals surface area contributed by atoms with Gasteiger partial charge in [-0.2, -0.15) is 17.4 Å². The summed E-state index contributed by atoms with van der Waals surface area (Å²) in [6.07, 6.45) is 1.37. The van der Waals surface area contributed by atoms with Crippen LogP contribution in [0.2, 0.25) is 0 Å². The molecule has 1 atom stereocenters. The van der Waals surface area contributed by atoms with E-state index in [2.05, 4.69) is 4.72 Å². The normalized spacial score (nSPS) is 19.6. The first-order chi connectivity index (χ1) is 7.90. The Hall–Kier alpha value is -0.980. The first kappa shape index (κ1) is 12.5. The van der Waals surface area contributed by atoms with E-state index in [4.69, 9.17) is 0 Å². The monoisotopic (exact) mass is 258 g/mol. The van der Waals surface area contributed by atoms with Crippen molar-refractivity contribution in [3.05, 3.63) is 35.1 Å². The van der Waals surface area contributed by atoms with Crippen LogP contribution in [0.1, 0.15) is 23.6 Å². The lowest BCUT2D eigenvalue weighted by atomic mass is 10.1. The molecular formula is C11H15FN2O2S. The van der Waals surface area contributed by atoms with Crippen LogP contribution in [0.25, 0.3) is 0 Å². The Bertz CT molecular complexity index is 528. The third-order valence-electron chi connectivity index (χ3n) is 2.95. The van der Waals surface area contributed by atoms with Crippen molar-refractivity contribution < 1.29 is 12.8 Å². The number of aryl methyl sites for hydroxylation is 1. The van der Waals surface area contributed by atoms with Gasteiger partial charge in [-0.05, 0) is 36.1 Å². The number of nitrogens with zero attached hydrogens (tertiary/aromatic N) is 1. The largest absolute Gasteiger partial charge is 0.279 e. The number of hydrogen-bond donors (Lipinski definition) is 1. The number of rotatable bonds is 3. The minimum absolute atomic E-state index is 0.252. The van der Waals surface area contributed by atoms with Gasteiger partial charge in [-0.3, -0.25) is 0 Å². The Morgan fingerprint density at radius 1 is 1.41 bits per heavy atom. The Morgan fingerprint density at radius 2 is 2.12 bits per heavy atom. The molecule has 94 valence electrons. The third-order valence-corrected chi connectivity index (χ3v) is 4.50. The van der Waals surface area contributed by atoms with Crippen molar-refractivity contribution in [1.82, 2.24) is 9.03 Å². The second-order valence-corrected chi connectivity index (χ2v) is 6.26. The third kappa shape index (κ3) is 2.48. The van der Waals surface area contributed by atoms with E-state index in [0.717, 1.165) is 15.4 Å². The molecule has 0 saturated heterocycles. The van der Waals surface area contributed by atoms with Gasteiger partial charge in [0.25, 0.3) is 10.2 Å². The quantitative estimate of drug-likeness (QED) is 0.886. The smallest absolute Gasteiger partial charge is 0.207 e. The number of benzene rings is 1. The van der Waals surface area contributed by atoms with Gasteiger partial charge in [-0.25, -0.2) is 4.39 Å². The number of fused-ring (bicyclic) bond motifs is 1. The van der Waals surface area contributed by atoms with Crippen LogP contribution >= 0.6 is 0 Å². The summed E-state index contributed by atoms with van der Waals surface area (Å²) in [6, 6.07) is 4.24. The maximum absolute atomic E-state index is 13.0. The highest BCUT2D eigenvalue weighted by atomic mass is 32.2. The fraction of sp³-hybridized carbons (Fsp3) is 0.455. The molecule has 2 rings (SSSR count). The van der Waals surface area contributed by atoms with E-state index < -0.39 is 10.2 Å². The number of halogens is 1. The van der Waals surface area contributed by atoms with Crippen molar-refractivity contribution in [2.75, 3.05) is 14.1 Å². The summed E-state index contributed by atoms with van der Waals surface area (Å²) in [5.41, 5.74) is 1.76. The molecule has 1 unspecified atom stereocenters. The maximum atomic E-state index is 13.0. The van der Waals surface area contributed by atoms with E-state index in [-0.39, 0.29) is 11.9 Å². The topological polar surface area (TPSA) is 49.4 Å². The molecule has 4 nitrogen and oxygen atoms in total. The van der Waals surface area contributed by atoms with Crippen LogP contribution in [-0.2, 0) is 16.6 Å². The Kier molecular flexibility index (Phi) is 3.20. The zero-order valence-corrected chi connectivity index (χ0v) is 10.6. The van der Waals surface area contributed by atoms with Crippen LogP contribution in [0, 0.1) is 5.82 Å². The fourth-order valence-corrected chi connectivity index (χ4v) is 2.81. The maximum Gasteiger partial charge on any atom is 0.279 e. The van der Waals surface area contributed by atoms with Crippen molar-refractivity contribution in [3.63, 3.8) is 0 Å². The van der Waals surface area contributed by atoms with Gasteiger partial charge in [-0.15, -0.1) is 0 Å². The molecule has 0 bridgehead atoms. The molecule has 0 radical (unpaired) electrons. The van der Waals surface area contributed by atoms with E-state index in [9.17, 15) is 12.8 Å². The predicted octanol–water partition coefficient (Wildman–Crippen LogP) is 1.21. The highest BCUT2D eigenvalue weighted by Crippen LogP contribution is 2.32. The zero-order valence-electron chi connectivity index (χ0n) is 9.77. The van der Waals surface area contributed by atoms with Gasteiger partial charge in [0.05, 0.1) is 0 Å². The lowest BCUT2D eigenvalue weighted by molar-refractivity contribution is 0.487. The number of nitrogens with one attached hydrogen (secondary N) is 1. The average Bonchev–Trinajstić information content (AvgIpc) is 2.60. The summed E-state index contributed by atoms with van der Waals surface area (Å²) in [7, 11) is -0.495. The lowest BCUT2D eigenvalue weighted by Crippen LogP contribution is -2.37. The van der Waals surface area contributed by atoms with Gasteiger partial charge in [0.2, 0.25) is 0 Å². The molecule has 17 heavy (non-hydrogen) atoms. The molecule has 1 aliphatic carbocycles. The highest BCUT2D eigenvalue weighted by Gasteiger charge is 2.27. The van der Waals surface area contributed by atoms with E-state index in [0.29, 0.717) is 12.8 Å². The second-order valence-electron chi connectivity index (χ2n) is 4.34. The van der Waals surface area contributed by atoms with Gasteiger partial charge >= 0.3 is 0 Å². The summed E-state index contributed by atoms with van der Waals surface area (Å²) in [5, 5.41) is 0. The summed E-state index contributed by atoms with van der Waals surface area (Å²) in [4.78, 5) is 0. The van der Waals surface area contributed by atoms with Gasteiger partial charge in [-0.1, -0.05) is 6.07 Å². The minimum atomic E-state index is -3.44. The second kappa shape index (κ2) is 4.36. The van der Waals surface area contributed by atoms with Crippen LogP contribution in [0.4, 0.5) is 4.39 Å². The zero-order chi connectivity index (χ0) is 12.6. The number of hydrogen-bond acceptors (Lipinski definition) is 2. The van der Waals surface area contributed by atoms with Gasteiger partial charge in [0.1, 0.15) is 5.82 Å². The van der Waals surface area contributed by atoms with Gasteiger partial charge < -0.3 is 0 Å². The predicted molar refractivity (Wildman–Crippen MR) is 63.2 cm³/mol. The van der Waals surface area contributed by atoms with Crippen molar-refractivity contribution >= 4 is 10.2 Å². The molecule has 0 amide bonds. The molecular weight excluding hydrogens is 243 g/mol. The Labute approximate surface area is 101 Å². The molecule has 1 aliphatic rings. The van der Waals surface area contributed by atoms with Gasteiger partial charge in [0, 0.05) is 20.1 Å². The average molecular weight is 258 g/mol. The van der Waals surface area contributed by atoms with Gasteiger partial charge in [0.15, 0.2) is 0 Å². The minimum Gasteiger partial charge on any atom is -0.207 e. The van der Waals surface area contributed by atoms with Crippen LogP contribution in [0.15, 0.2) is 18.2 Å². The molecule has 1 aromatic carbocycles. The SMILES string of the molecule is CN(C)S(=O)(=O)NC1CCc2cc(F)ccc21. The van der Waals surface area contributed by atoms with Crippen molar-refractivity contribution in [3.8, 4) is 0 Å². The molecule has 0 fully saturated rings. The molecule has 6 heteroatoms. The fourth-order valence-electron chi connectivity index (χ4n) is 1.99. The van der Waals surface area contributed by atoms with Crippen molar-refractivity contribution in [1.29, 1.82) is 0 Å². The molecule has 0 saturated carbocycles. The van der Waals surface area contributed by atoms with E-state index >= 15 is 0 Å². The molecule has 0 aromatic heterocycles. The summed E-state index contributed by atoms with van der Waals surface area (Å²) in [5.74, 6) is -0.278. The van der Waals surface area contributed by atoms with E-state index in [1.54, 1.807) is 6.07 Å². The van der Waals surface area contributed by atoms with Crippen LogP contribution in [0.5, 0.6) is 0 Å². The first-order valence-corrected chi connectivity index (χ1v) is 6.82. The molecule has 1 N–H and O–H groups in total. The van der Waals surface area contributed by atoms with E-state index in [1.165, 1.54) is 26.2 Å².